The number of nitrogens with one attached hydrogen (secondary N) is 2. The number of aromatic nitrogens is 2. The predicted molar refractivity (Wildman–Crippen MR) is 75.1 cm³/mol. The monoisotopic (exact) mass is 254 g/mol. The lowest BCUT2D eigenvalue weighted by Crippen LogP contribution is -2.28. The third-order valence-electron chi connectivity index (χ3n) is 2.76. The lowest BCUT2D eigenvalue weighted by atomic mass is 10.4. The first-order valence-corrected chi connectivity index (χ1v) is 6.66. The normalized spacial score (nSPS) is 10.8. The van der Waals surface area contributed by atoms with Crippen LogP contribution >= 0.6 is 12.2 Å². The molecule has 0 saturated carbocycles. The molecule has 0 spiro atoms. The average Bonchev–Trinajstić information content (AvgIpc) is 2.34. The van der Waals surface area contributed by atoms with Gasteiger partial charge in [-0.1, -0.05) is 33.0 Å². The van der Waals surface area contributed by atoms with E-state index in [-0.39, 0.29) is 0 Å². The van der Waals surface area contributed by atoms with E-state index in [1.54, 1.807) is 0 Å². The zero-order valence-electron chi connectivity index (χ0n) is 10.9. The van der Waals surface area contributed by atoms with E-state index in [0.717, 1.165) is 44.2 Å². The summed E-state index contributed by atoms with van der Waals surface area (Å²) in [5, 5.41) is 3.36. The van der Waals surface area contributed by atoms with Crippen LogP contribution in [0.1, 0.15) is 26.6 Å². The maximum atomic E-state index is 5.12. The van der Waals surface area contributed by atoms with Crippen molar-refractivity contribution in [3.05, 3.63) is 16.5 Å². The second-order valence-electron chi connectivity index (χ2n) is 3.89. The van der Waals surface area contributed by atoms with Gasteiger partial charge in [0.15, 0.2) is 0 Å². The topological polar surface area (TPSA) is 44.0 Å². The summed E-state index contributed by atoms with van der Waals surface area (Å²) in [7, 11) is 0. The molecule has 1 aromatic heterocycles. The second kappa shape index (κ2) is 7.40. The largest absolute Gasteiger partial charge is 0.370 e. The lowest BCUT2D eigenvalue weighted by molar-refractivity contribution is 0.316. The molecular formula is C12H22N4S. The van der Waals surface area contributed by atoms with Crippen molar-refractivity contribution in [2.24, 2.45) is 0 Å². The van der Waals surface area contributed by atoms with E-state index in [9.17, 15) is 0 Å². The van der Waals surface area contributed by atoms with Gasteiger partial charge in [0, 0.05) is 25.6 Å². The summed E-state index contributed by atoms with van der Waals surface area (Å²) in [4.78, 5) is 9.85. The Bertz CT molecular complexity index is 384. The van der Waals surface area contributed by atoms with Gasteiger partial charge in [0.25, 0.3) is 0 Å². The molecular weight excluding hydrogens is 232 g/mol. The van der Waals surface area contributed by atoms with E-state index in [4.69, 9.17) is 12.2 Å². The maximum absolute atomic E-state index is 5.12. The second-order valence-corrected chi connectivity index (χ2v) is 4.31. The smallest absolute Gasteiger partial charge is 0.131 e. The SMILES string of the molecule is CCc1nc(=S)cc(NCCN(CC)CC)[nH]1. The molecule has 0 aliphatic rings. The number of anilines is 1. The molecule has 0 atom stereocenters. The highest BCUT2D eigenvalue weighted by atomic mass is 32.1. The first-order valence-electron chi connectivity index (χ1n) is 6.26. The quantitative estimate of drug-likeness (QED) is 0.734. The molecule has 0 aliphatic carbocycles. The first-order chi connectivity index (χ1) is 8.19. The van der Waals surface area contributed by atoms with Gasteiger partial charge in [0.1, 0.15) is 16.3 Å². The minimum absolute atomic E-state index is 0.644. The van der Waals surface area contributed by atoms with Crippen LogP contribution in [0.3, 0.4) is 0 Å². The Morgan fingerprint density at radius 3 is 2.65 bits per heavy atom. The van der Waals surface area contributed by atoms with Gasteiger partial charge < -0.3 is 15.2 Å². The van der Waals surface area contributed by atoms with Crippen molar-refractivity contribution in [3.8, 4) is 0 Å². The fourth-order valence-electron chi connectivity index (χ4n) is 1.66. The Labute approximate surface area is 108 Å². The molecule has 2 N–H and O–H groups in total. The third kappa shape index (κ3) is 4.83. The Kier molecular flexibility index (Phi) is 6.15. The van der Waals surface area contributed by atoms with Crippen molar-refractivity contribution in [2.45, 2.75) is 27.2 Å². The molecule has 0 radical (unpaired) electrons. The van der Waals surface area contributed by atoms with E-state index in [0.29, 0.717) is 4.64 Å². The van der Waals surface area contributed by atoms with E-state index in [1.165, 1.54) is 0 Å². The summed E-state index contributed by atoms with van der Waals surface area (Å²) in [6.45, 7) is 10.6. The van der Waals surface area contributed by atoms with Crippen molar-refractivity contribution < 1.29 is 0 Å². The van der Waals surface area contributed by atoms with Gasteiger partial charge in [-0.3, -0.25) is 0 Å². The average molecular weight is 254 g/mol. The third-order valence-corrected chi connectivity index (χ3v) is 2.97. The Hall–Kier alpha value is -0.940. The van der Waals surface area contributed by atoms with Crippen molar-refractivity contribution in [3.63, 3.8) is 0 Å². The van der Waals surface area contributed by atoms with Crippen LogP contribution in [0.25, 0.3) is 0 Å². The lowest BCUT2D eigenvalue weighted by Gasteiger charge is -2.18. The molecule has 0 unspecified atom stereocenters. The number of H-pyrrole nitrogens is 1. The van der Waals surface area contributed by atoms with Crippen LogP contribution in [0.15, 0.2) is 6.07 Å². The Balaban J connectivity index is 2.51. The molecule has 1 aromatic rings. The minimum Gasteiger partial charge on any atom is -0.370 e. The fourth-order valence-corrected chi connectivity index (χ4v) is 1.89. The van der Waals surface area contributed by atoms with Gasteiger partial charge in [-0.05, 0) is 13.1 Å². The van der Waals surface area contributed by atoms with Crippen LogP contribution in [-0.4, -0.2) is 41.0 Å². The highest BCUT2D eigenvalue weighted by Gasteiger charge is 2.00. The van der Waals surface area contributed by atoms with Gasteiger partial charge >= 0.3 is 0 Å². The summed E-state index contributed by atoms with van der Waals surface area (Å²) in [5.41, 5.74) is 0. The molecule has 0 aliphatic heterocycles. The molecule has 0 saturated heterocycles. The van der Waals surface area contributed by atoms with Gasteiger partial charge in [-0.25, -0.2) is 4.98 Å². The Morgan fingerprint density at radius 2 is 2.06 bits per heavy atom. The van der Waals surface area contributed by atoms with Crippen molar-refractivity contribution in [1.82, 2.24) is 14.9 Å². The number of hydrogen-bond acceptors (Lipinski definition) is 4. The molecule has 96 valence electrons. The maximum Gasteiger partial charge on any atom is 0.131 e. The molecule has 0 fully saturated rings. The van der Waals surface area contributed by atoms with Crippen LogP contribution in [0.2, 0.25) is 0 Å². The summed E-state index contributed by atoms with van der Waals surface area (Å²) in [6.07, 6.45) is 0.870. The van der Waals surface area contributed by atoms with Gasteiger partial charge in [-0.15, -0.1) is 0 Å². The highest BCUT2D eigenvalue weighted by Crippen LogP contribution is 2.04. The van der Waals surface area contributed by atoms with E-state index in [1.807, 2.05) is 6.07 Å². The van der Waals surface area contributed by atoms with Crippen molar-refractivity contribution in [1.29, 1.82) is 0 Å². The minimum atomic E-state index is 0.644. The number of hydrogen-bond donors (Lipinski definition) is 2. The fraction of sp³-hybridized carbons (Fsp3) is 0.667. The number of nitrogens with zero attached hydrogens (tertiary/aromatic N) is 2. The van der Waals surface area contributed by atoms with Gasteiger partial charge in [0.05, 0.1) is 0 Å². The van der Waals surface area contributed by atoms with Crippen LogP contribution in [0, 0.1) is 4.64 Å². The standard InChI is InChI=1S/C12H22N4S/c1-4-10-14-11(9-12(17)15-10)13-7-8-16(5-2)6-3/h9H,4-8H2,1-3H3,(H2,13,14,15,17). The van der Waals surface area contributed by atoms with Crippen molar-refractivity contribution >= 4 is 18.0 Å². The zero-order valence-corrected chi connectivity index (χ0v) is 11.7. The molecule has 5 heteroatoms. The Morgan fingerprint density at radius 1 is 1.35 bits per heavy atom. The van der Waals surface area contributed by atoms with E-state index in [2.05, 4.69) is 41.0 Å². The number of aryl methyl sites for hydroxylation is 1. The molecule has 4 nitrogen and oxygen atoms in total. The summed E-state index contributed by atoms with van der Waals surface area (Å²) in [6, 6.07) is 1.87. The molecule has 0 bridgehead atoms. The summed E-state index contributed by atoms with van der Waals surface area (Å²) < 4.78 is 0.644. The molecule has 1 rings (SSSR count). The van der Waals surface area contributed by atoms with E-state index < -0.39 is 0 Å². The number of rotatable bonds is 7. The predicted octanol–water partition coefficient (Wildman–Crippen LogP) is 2.46. The van der Waals surface area contributed by atoms with E-state index >= 15 is 0 Å². The van der Waals surface area contributed by atoms with Crippen LogP contribution in [0.4, 0.5) is 5.82 Å². The highest BCUT2D eigenvalue weighted by molar-refractivity contribution is 7.71. The van der Waals surface area contributed by atoms with Gasteiger partial charge in [0.2, 0.25) is 0 Å². The zero-order chi connectivity index (χ0) is 12.7. The molecule has 1 heterocycles. The molecule has 0 amide bonds. The van der Waals surface area contributed by atoms with Gasteiger partial charge in [-0.2, -0.15) is 0 Å². The first kappa shape index (κ1) is 14.1. The van der Waals surface area contributed by atoms with Crippen molar-refractivity contribution in [2.75, 3.05) is 31.5 Å². The van der Waals surface area contributed by atoms with Crippen LogP contribution < -0.4 is 5.32 Å². The molecule has 17 heavy (non-hydrogen) atoms. The number of likely N-dealkylation sites (N-methyl/N-ethyl adjacent to an activating group) is 1. The summed E-state index contributed by atoms with van der Waals surface area (Å²) >= 11 is 5.12. The summed E-state index contributed by atoms with van der Waals surface area (Å²) in [5.74, 6) is 1.90. The molecule has 0 aromatic carbocycles. The van der Waals surface area contributed by atoms with Crippen LogP contribution in [-0.2, 0) is 6.42 Å². The number of aromatic amines is 1. The van der Waals surface area contributed by atoms with Crippen LogP contribution in [0.5, 0.6) is 0 Å².